The lowest BCUT2D eigenvalue weighted by Crippen LogP contribution is -2.37. The summed E-state index contributed by atoms with van der Waals surface area (Å²) in [5.41, 5.74) is 0.566. The van der Waals surface area contributed by atoms with Gasteiger partial charge in [0, 0.05) is 36.3 Å². The monoisotopic (exact) mass is 545 g/mol. The van der Waals surface area contributed by atoms with Crippen LogP contribution in [0.25, 0.3) is 0 Å². The molecule has 38 heavy (non-hydrogen) atoms. The summed E-state index contributed by atoms with van der Waals surface area (Å²) in [7, 11) is 0. The average Bonchev–Trinajstić information content (AvgIpc) is 3.22. The molecule has 6 nitrogen and oxygen atoms in total. The molecule has 0 amide bonds. The van der Waals surface area contributed by atoms with Gasteiger partial charge in [0.15, 0.2) is 11.5 Å². The molecular formula is C25H18F7NO5. The van der Waals surface area contributed by atoms with Crippen molar-refractivity contribution in [2.75, 3.05) is 31.2 Å². The average molecular weight is 545 g/mol. The molecule has 1 fully saturated rings. The summed E-state index contributed by atoms with van der Waals surface area (Å²) in [5.74, 6) is -3.38. The Labute approximate surface area is 211 Å². The zero-order chi connectivity index (χ0) is 27.1. The minimum Gasteiger partial charge on any atom is -0.440 e. The van der Waals surface area contributed by atoms with Crippen LogP contribution in [0, 0.1) is 5.82 Å². The fourth-order valence-corrected chi connectivity index (χ4v) is 4.22. The molecule has 202 valence electrons. The highest BCUT2D eigenvalue weighted by atomic mass is 19.4. The lowest BCUT2D eigenvalue weighted by molar-refractivity contribution is -0.275. The first-order valence-electron chi connectivity index (χ1n) is 11.2. The number of morpholine rings is 1. The molecule has 5 rings (SSSR count). The molecule has 0 unspecified atom stereocenters. The maximum Gasteiger partial charge on any atom is 0.573 e. The van der Waals surface area contributed by atoms with Crippen LogP contribution in [0.5, 0.6) is 23.0 Å². The Morgan fingerprint density at radius 3 is 1.58 bits per heavy atom. The molecule has 13 heteroatoms. The minimum atomic E-state index is -4.92. The van der Waals surface area contributed by atoms with Crippen LogP contribution in [0.15, 0.2) is 60.7 Å². The third-order valence-electron chi connectivity index (χ3n) is 5.81. The van der Waals surface area contributed by atoms with Gasteiger partial charge in [0.25, 0.3) is 0 Å². The zero-order valence-electron chi connectivity index (χ0n) is 19.2. The van der Waals surface area contributed by atoms with Crippen LogP contribution in [0.1, 0.15) is 11.1 Å². The van der Waals surface area contributed by atoms with E-state index in [1.165, 1.54) is 30.3 Å². The van der Waals surface area contributed by atoms with Crippen molar-refractivity contribution < 1.29 is 54.4 Å². The number of anilines is 1. The third kappa shape index (κ3) is 5.37. The number of benzene rings is 3. The molecule has 0 atom stereocenters. The summed E-state index contributed by atoms with van der Waals surface area (Å²) >= 11 is 0. The number of nitrogens with zero attached hydrogens (tertiary/aromatic N) is 1. The maximum absolute atomic E-state index is 15.0. The molecule has 2 heterocycles. The van der Waals surface area contributed by atoms with E-state index in [9.17, 15) is 26.3 Å². The smallest absolute Gasteiger partial charge is 0.440 e. The Morgan fingerprint density at radius 2 is 1.13 bits per heavy atom. The van der Waals surface area contributed by atoms with E-state index >= 15 is 4.39 Å². The normalized spacial score (nSPS) is 16.9. The highest BCUT2D eigenvalue weighted by Crippen LogP contribution is 2.50. The summed E-state index contributed by atoms with van der Waals surface area (Å²) in [5, 5.41) is 0. The van der Waals surface area contributed by atoms with Gasteiger partial charge in [-0.05, 0) is 48.5 Å². The number of fused-ring (bicyclic) bond motifs is 1. The van der Waals surface area contributed by atoms with Crippen molar-refractivity contribution in [3.05, 3.63) is 77.6 Å². The summed E-state index contributed by atoms with van der Waals surface area (Å²) in [4.78, 5) is 1.76. The van der Waals surface area contributed by atoms with E-state index in [4.69, 9.17) is 14.2 Å². The van der Waals surface area contributed by atoms with Crippen LogP contribution in [0.3, 0.4) is 0 Å². The molecule has 0 spiro atoms. The van der Waals surface area contributed by atoms with E-state index in [0.29, 0.717) is 26.3 Å². The Hall–Kier alpha value is -3.87. The molecule has 2 aliphatic rings. The van der Waals surface area contributed by atoms with Crippen LogP contribution in [0.4, 0.5) is 36.4 Å². The molecule has 0 saturated carbocycles. The Bertz CT molecular complexity index is 1230. The molecule has 0 bridgehead atoms. The van der Waals surface area contributed by atoms with E-state index in [1.54, 1.807) is 4.90 Å². The molecule has 3 aromatic carbocycles. The van der Waals surface area contributed by atoms with E-state index in [0.717, 1.165) is 30.3 Å². The molecule has 1 saturated heterocycles. The van der Waals surface area contributed by atoms with Crippen LogP contribution >= 0.6 is 0 Å². The van der Waals surface area contributed by atoms with Gasteiger partial charge in [-0.25, -0.2) is 4.39 Å². The van der Waals surface area contributed by atoms with Gasteiger partial charge in [-0.1, -0.05) is 0 Å². The second kappa shape index (κ2) is 9.46. The van der Waals surface area contributed by atoms with Crippen molar-refractivity contribution in [3.8, 4) is 23.0 Å². The van der Waals surface area contributed by atoms with Crippen molar-refractivity contribution in [1.82, 2.24) is 0 Å². The first-order valence-corrected chi connectivity index (χ1v) is 11.2. The Morgan fingerprint density at radius 1 is 0.684 bits per heavy atom. The predicted molar refractivity (Wildman–Crippen MR) is 118 cm³/mol. The molecule has 0 aliphatic carbocycles. The van der Waals surface area contributed by atoms with Gasteiger partial charge in [-0.15, -0.1) is 26.3 Å². The van der Waals surface area contributed by atoms with Gasteiger partial charge in [-0.3, -0.25) is 0 Å². The molecular weight excluding hydrogens is 527 g/mol. The Balaban J connectivity index is 1.54. The van der Waals surface area contributed by atoms with Gasteiger partial charge in [0.05, 0.1) is 18.9 Å². The lowest BCUT2D eigenvalue weighted by Gasteiger charge is -2.29. The second-order valence-corrected chi connectivity index (χ2v) is 8.31. The first kappa shape index (κ1) is 25.8. The highest BCUT2D eigenvalue weighted by molar-refractivity contribution is 5.60. The van der Waals surface area contributed by atoms with Crippen molar-refractivity contribution in [2.24, 2.45) is 0 Å². The predicted octanol–water partition coefficient (Wildman–Crippen LogP) is 6.13. The van der Waals surface area contributed by atoms with Gasteiger partial charge >= 0.3 is 18.5 Å². The van der Waals surface area contributed by atoms with Crippen LogP contribution in [-0.2, 0) is 10.5 Å². The van der Waals surface area contributed by atoms with Crippen molar-refractivity contribution >= 4 is 5.69 Å². The standard InChI is InChI=1S/C25H18F7NO5/c26-19-13-21-22(14-20(19)33-9-11-34-12-10-33)38-23(37-21,15-1-5-17(6-2-15)35-24(27,28)29)16-3-7-18(8-4-16)36-25(30,31)32/h1-8,13-14H,9-12H2. The van der Waals surface area contributed by atoms with Crippen LogP contribution in [0.2, 0.25) is 0 Å². The highest BCUT2D eigenvalue weighted by Gasteiger charge is 2.46. The minimum absolute atomic E-state index is 0.00857. The number of alkyl halides is 6. The lowest BCUT2D eigenvalue weighted by atomic mass is 9.97. The van der Waals surface area contributed by atoms with Crippen molar-refractivity contribution in [3.63, 3.8) is 0 Å². The molecule has 0 N–H and O–H groups in total. The van der Waals surface area contributed by atoms with Gasteiger partial charge in [-0.2, -0.15) is 0 Å². The van der Waals surface area contributed by atoms with Crippen molar-refractivity contribution in [1.29, 1.82) is 0 Å². The van der Waals surface area contributed by atoms with Crippen molar-refractivity contribution in [2.45, 2.75) is 18.5 Å². The third-order valence-corrected chi connectivity index (χ3v) is 5.81. The van der Waals surface area contributed by atoms with Crippen LogP contribution in [-0.4, -0.2) is 39.0 Å². The van der Waals surface area contributed by atoms with Gasteiger partial charge in [0.1, 0.15) is 17.3 Å². The maximum atomic E-state index is 15.0. The topological polar surface area (TPSA) is 49.4 Å². The summed E-state index contributed by atoms with van der Waals surface area (Å²) in [6.07, 6.45) is -9.84. The summed E-state index contributed by atoms with van der Waals surface area (Å²) < 4.78 is 116. The van der Waals surface area contributed by atoms with E-state index in [-0.39, 0.29) is 28.3 Å². The largest absolute Gasteiger partial charge is 0.573 e. The quantitative estimate of drug-likeness (QED) is 0.360. The van der Waals surface area contributed by atoms with E-state index in [2.05, 4.69) is 9.47 Å². The molecule has 3 aromatic rings. The number of ether oxygens (including phenoxy) is 5. The number of hydrogen-bond acceptors (Lipinski definition) is 6. The van der Waals surface area contributed by atoms with Crippen LogP contribution < -0.4 is 23.8 Å². The van der Waals surface area contributed by atoms with E-state index < -0.39 is 35.8 Å². The zero-order valence-corrected chi connectivity index (χ0v) is 19.2. The SMILES string of the molecule is Fc1cc2c(cc1N1CCOCC1)OC(c1ccc(OC(F)(F)F)cc1)(c1ccc(OC(F)(F)F)cc1)O2. The van der Waals surface area contributed by atoms with Gasteiger partial charge < -0.3 is 28.6 Å². The fraction of sp³-hybridized carbons (Fsp3) is 0.280. The Kier molecular flexibility index (Phi) is 6.41. The summed E-state index contributed by atoms with van der Waals surface area (Å²) in [6.45, 7) is 1.67. The first-order chi connectivity index (χ1) is 17.9. The molecule has 0 aromatic heterocycles. The number of hydrogen-bond donors (Lipinski definition) is 0. The number of halogens is 7. The van der Waals surface area contributed by atoms with Gasteiger partial charge in [0.2, 0.25) is 0 Å². The fourth-order valence-electron chi connectivity index (χ4n) is 4.22. The molecule has 2 aliphatic heterocycles. The number of rotatable bonds is 5. The second-order valence-electron chi connectivity index (χ2n) is 8.31. The van der Waals surface area contributed by atoms with E-state index in [1.807, 2.05) is 0 Å². The molecule has 0 radical (unpaired) electrons. The summed E-state index contributed by atoms with van der Waals surface area (Å²) in [6, 6.07) is 11.6.